The van der Waals surface area contributed by atoms with Gasteiger partial charge in [0.05, 0.1) is 5.56 Å². The molecule has 1 atom stereocenters. The highest BCUT2D eigenvalue weighted by molar-refractivity contribution is 6.06. The lowest BCUT2D eigenvalue weighted by molar-refractivity contribution is -0.121. The Morgan fingerprint density at radius 2 is 2.27 bits per heavy atom. The fourth-order valence-electron chi connectivity index (χ4n) is 2.91. The predicted molar refractivity (Wildman–Crippen MR) is 83.7 cm³/mol. The van der Waals surface area contributed by atoms with Gasteiger partial charge in [0.1, 0.15) is 11.8 Å². The van der Waals surface area contributed by atoms with Crippen LogP contribution in [0.3, 0.4) is 0 Å². The van der Waals surface area contributed by atoms with E-state index >= 15 is 0 Å². The molecule has 1 N–H and O–H groups in total. The second-order valence-electron chi connectivity index (χ2n) is 5.74. The number of hydrogen-bond acceptors (Lipinski definition) is 3. The minimum atomic E-state index is -0.116. The fourth-order valence-corrected chi connectivity index (χ4v) is 2.91. The quantitative estimate of drug-likeness (QED) is 0.926. The van der Waals surface area contributed by atoms with Crippen LogP contribution in [0.5, 0.6) is 0 Å². The number of rotatable bonds is 2. The van der Waals surface area contributed by atoms with E-state index in [0.717, 1.165) is 17.4 Å². The summed E-state index contributed by atoms with van der Waals surface area (Å²) in [5.41, 5.74) is 2.47. The lowest BCUT2D eigenvalue weighted by atomic mass is 10.1. The maximum Gasteiger partial charge on any atom is 0.258 e. The summed E-state index contributed by atoms with van der Waals surface area (Å²) in [4.78, 5) is 26.2. The zero-order valence-electron chi connectivity index (χ0n) is 12.9. The summed E-state index contributed by atoms with van der Waals surface area (Å²) in [5.74, 6) is -0.0795. The Morgan fingerprint density at radius 3 is 3.05 bits per heavy atom. The molecule has 0 aliphatic carbocycles. The molecule has 2 heterocycles. The average molecular weight is 300 g/mol. The maximum absolute atomic E-state index is 12.9. The molecule has 0 radical (unpaired) electrons. The summed E-state index contributed by atoms with van der Waals surface area (Å²) >= 11 is 0. The smallest absolute Gasteiger partial charge is 0.258 e. The second-order valence-corrected chi connectivity index (χ2v) is 5.74. The van der Waals surface area contributed by atoms with E-state index in [0.29, 0.717) is 25.1 Å². The minimum Gasteiger partial charge on any atom is -0.463 e. The van der Waals surface area contributed by atoms with Gasteiger partial charge < -0.3 is 14.6 Å². The molecule has 0 bridgehead atoms. The lowest BCUT2D eigenvalue weighted by Crippen LogP contribution is -2.39. The van der Waals surface area contributed by atoms with Crippen LogP contribution in [0.1, 0.15) is 36.2 Å². The van der Waals surface area contributed by atoms with Crippen molar-refractivity contribution in [1.29, 1.82) is 0 Å². The highest BCUT2D eigenvalue weighted by Gasteiger charge is 2.28. The van der Waals surface area contributed by atoms with E-state index in [1.54, 1.807) is 4.90 Å². The van der Waals surface area contributed by atoms with Gasteiger partial charge in [0.15, 0.2) is 0 Å². The molecule has 1 unspecified atom stereocenters. The van der Waals surface area contributed by atoms with E-state index in [9.17, 15) is 9.59 Å². The molecule has 1 saturated heterocycles. The lowest BCUT2D eigenvalue weighted by Gasteiger charge is -2.25. The van der Waals surface area contributed by atoms with Crippen molar-refractivity contribution in [2.24, 2.45) is 0 Å². The van der Waals surface area contributed by atoms with Crippen LogP contribution in [-0.4, -0.2) is 35.8 Å². The first-order valence-electron chi connectivity index (χ1n) is 7.68. The summed E-state index contributed by atoms with van der Waals surface area (Å²) < 4.78 is 5.52. The van der Waals surface area contributed by atoms with Gasteiger partial charge in [0.2, 0.25) is 5.91 Å². The first-order chi connectivity index (χ1) is 10.6. The Kier molecular flexibility index (Phi) is 3.88. The van der Waals surface area contributed by atoms with Gasteiger partial charge >= 0.3 is 0 Å². The van der Waals surface area contributed by atoms with Crippen molar-refractivity contribution in [3.8, 4) is 0 Å². The van der Waals surface area contributed by atoms with Crippen molar-refractivity contribution >= 4 is 22.8 Å². The molecule has 1 aliphatic heterocycles. The van der Waals surface area contributed by atoms with E-state index in [1.165, 1.54) is 11.8 Å². The monoisotopic (exact) mass is 300 g/mol. The Bertz CT molecular complexity index is 720. The van der Waals surface area contributed by atoms with Gasteiger partial charge in [-0.3, -0.25) is 9.59 Å². The topological polar surface area (TPSA) is 62.6 Å². The molecule has 0 saturated carbocycles. The molecule has 3 rings (SSSR count). The van der Waals surface area contributed by atoms with E-state index in [-0.39, 0.29) is 17.9 Å². The first kappa shape index (κ1) is 14.6. The van der Waals surface area contributed by atoms with Gasteiger partial charge in [0, 0.05) is 30.9 Å². The molecule has 5 heteroatoms. The molecule has 1 aliphatic rings. The van der Waals surface area contributed by atoms with E-state index < -0.39 is 0 Å². The standard InChI is InChI=1S/C17H20N2O3/c1-3-12-4-5-15-13(9-12)14(10-22-15)17(21)19-7-6-18-16(20)8-11(19)2/h4-5,9-11H,3,6-8H2,1-2H3,(H,18,20). The van der Waals surface area contributed by atoms with Crippen LogP contribution in [0.15, 0.2) is 28.9 Å². The van der Waals surface area contributed by atoms with E-state index in [2.05, 4.69) is 12.2 Å². The highest BCUT2D eigenvalue weighted by atomic mass is 16.3. The molecule has 1 aromatic carbocycles. The minimum absolute atomic E-state index is 0.00637. The molecule has 22 heavy (non-hydrogen) atoms. The van der Waals surface area contributed by atoms with Crippen LogP contribution in [0.25, 0.3) is 11.0 Å². The van der Waals surface area contributed by atoms with Crippen LogP contribution in [0, 0.1) is 0 Å². The second kappa shape index (κ2) is 5.83. The molecule has 116 valence electrons. The van der Waals surface area contributed by atoms with Gasteiger partial charge in [-0.15, -0.1) is 0 Å². The number of carbonyl (C=O) groups excluding carboxylic acids is 2. The van der Waals surface area contributed by atoms with Crippen molar-refractivity contribution in [3.05, 3.63) is 35.6 Å². The van der Waals surface area contributed by atoms with Crippen molar-refractivity contribution in [1.82, 2.24) is 10.2 Å². The number of amides is 2. The summed E-state index contributed by atoms with van der Waals surface area (Å²) in [6, 6.07) is 5.81. The van der Waals surface area contributed by atoms with Crippen LogP contribution < -0.4 is 5.32 Å². The van der Waals surface area contributed by atoms with Crippen molar-refractivity contribution in [2.45, 2.75) is 32.7 Å². The number of benzene rings is 1. The van der Waals surface area contributed by atoms with Crippen LogP contribution >= 0.6 is 0 Å². The fraction of sp³-hybridized carbons (Fsp3) is 0.412. The molecule has 5 nitrogen and oxygen atoms in total. The molecule has 2 amide bonds. The van der Waals surface area contributed by atoms with Crippen LogP contribution in [-0.2, 0) is 11.2 Å². The third kappa shape index (κ3) is 2.58. The molecular weight excluding hydrogens is 280 g/mol. The van der Waals surface area contributed by atoms with Crippen molar-refractivity contribution in [2.75, 3.05) is 13.1 Å². The Morgan fingerprint density at radius 1 is 1.45 bits per heavy atom. The normalized spacial score (nSPS) is 19.1. The van der Waals surface area contributed by atoms with Gasteiger partial charge in [-0.2, -0.15) is 0 Å². The number of nitrogens with one attached hydrogen (secondary N) is 1. The van der Waals surface area contributed by atoms with E-state index in [1.807, 2.05) is 25.1 Å². The summed E-state index contributed by atoms with van der Waals surface area (Å²) in [6.45, 7) is 5.00. The molecule has 1 fully saturated rings. The Labute approximate surface area is 129 Å². The number of hydrogen-bond donors (Lipinski definition) is 1. The number of carbonyl (C=O) groups is 2. The summed E-state index contributed by atoms with van der Waals surface area (Å²) in [7, 11) is 0. The number of fused-ring (bicyclic) bond motifs is 1. The third-order valence-corrected chi connectivity index (χ3v) is 4.23. The van der Waals surface area contributed by atoms with Gasteiger partial charge in [0.25, 0.3) is 5.91 Å². The van der Waals surface area contributed by atoms with Crippen LogP contribution in [0.4, 0.5) is 0 Å². The van der Waals surface area contributed by atoms with Gasteiger partial charge in [-0.05, 0) is 31.0 Å². The number of nitrogens with zero attached hydrogens (tertiary/aromatic N) is 1. The summed E-state index contributed by atoms with van der Waals surface area (Å²) in [5, 5.41) is 3.65. The predicted octanol–water partition coefficient (Wildman–Crippen LogP) is 2.35. The third-order valence-electron chi connectivity index (χ3n) is 4.23. The average Bonchev–Trinajstić information content (AvgIpc) is 2.85. The van der Waals surface area contributed by atoms with Gasteiger partial charge in [-0.25, -0.2) is 0 Å². The molecule has 1 aromatic heterocycles. The zero-order chi connectivity index (χ0) is 15.7. The highest BCUT2D eigenvalue weighted by Crippen LogP contribution is 2.25. The van der Waals surface area contributed by atoms with Gasteiger partial charge in [-0.1, -0.05) is 13.0 Å². The van der Waals surface area contributed by atoms with Crippen LogP contribution in [0.2, 0.25) is 0 Å². The van der Waals surface area contributed by atoms with E-state index in [4.69, 9.17) is 4.42 Å². The zero-order valence-corrected chi connectivity index (χ0v) is 12.9. The number of aryl methyl sites for hydroxylation is 1. The number of furan rings is 1. The Hall–Kier alpha value is -2.30. The Balaban J connectivity index is 1.95. The molecule has 0 spiro atoms. The SMILES string of the molecule is CCc1ccc2occ(C(=O)N3CCNC(=O)CC3C)c2c1. The maximum atomic E-state index is 12.9. The first-order valence-corrected chi connectivity index (χ1v) is 7.68. The van der Waals surface area contributed by atoms with Crippen molar-refractivity contribution in [3.63, 3.8) is 0 Å². The largest absolute Gasteiger partial charge is 0.463 e. The molecular formula is C17H20N2O3. The van der Waals surface area contributed by atoms with Crippen molar-refractivity contribution < 1.29 is 14.0 Å². The summed E-state index contributed by atoms with van der Waals surface area (Å²) in [6.07, 6.45) is 2.77. The molecule has 2 aromatic rings.